The van der Waals surface area contributed by atoms with Crippen LogP contribution < -0.4 is 11.1 Å². The molecule has 0 fully saturated rings. The molecular weight excluding hydrogens is 126 g/mol. The van der Waals surface area contributed by atoms with Gasteiger partial charge < -0.3 is 11.1 Å². The lowest BCUT2D eigenvalue weighted by atomic mass is 10.3. The zero-order valence-electron chi connectivity index (χ0n) is 6.39. The second kappa shape index (κ2) is 4.61. The number of hydrogen-bond acceptors (Lipinski definition) is 2. The van der Waals surface area contributed by atoms with Gasteiger partial charge >= 0.3 is 0 Å². The van der Waals surface area contributed by atoms with Crippen LogP contribution in [-0.4, -0.2) is 12.9 Å². The number of nitrogens with zero attached hydrogens (tertiary/aromatic N) is 1. The molecule has 0 aliphatic carbocycles. The first-order chi connectivity index (χ1) is 4.72. The molecule has 0 saturated carbocycles. The molecule has 0 aromatic heterocycles. The van der Waals surface area contributed by atoms with Crippen molar-refractivity contribution in [3.63, 3.8) is 0 Å². The third-order valence-electron chi connectivity index (χ3n) is 1.06. The number of nitrogens with one attached hydrogen (secondary N) is 1. The smallest absolute Gasteiger partial charge is 0.122 e. The van der Waals surface area contributed by atoms with Crippen molar-refractivity contribution in [2.75, 3.05) is 7.05 Å². The molecule has 0 saturated heterocycles. The van der Waals surface area contributed by atoms with Crippen molar-refractivity contribution in [2.24, 2.45) is 10.7 Å². The number of aliphatic imine (C=N–C) groups is 1. The van der Waals surface area contributed by atoms with Crippen molar-refractivity contribution in [3.05, 3.63) is 24.6 Å². The maximum Gasteiger partial charge on any atom is 0.122 e. The van der Waals surface area contributed by atoms with Crippen molar-refractivity contribution in [3.8, 4) is 0 Å². The van der Waals surface area contributed by atoms with Gasteiger partial charge in [-0.05, 0) is 13.1 Å². The van der Waals surface area contributed by atoms with E-state index in [-0.39, 0.29) is 0 Å². The fraction of sp³-hybridized carbons (Fsp3) is 0.286. The van der Waals surface area contributed by atoms with Gasteiger partial charge in [0.1, 0.15) is 5.84 Å². The highest BCUT2D eigenvalue weighted by Crippen LogP contribution is 1.88. The van der Waals surface area contributed by atoms with Crippen LogP contribution in [0.25, 0.3) is 0 Å². The Morgan fingerprint density at radius 2 is 2.30 bits per heavy atom. The second-order valence-electron chi connectivity index (χ2n) is 1.81. The van der Waals surface area contributed by atoms with Crippen LogP contribution in [0.4, 0.5) is 0 Å². The third kappa shape index (κ3) is 2.91. The molecule has 0 unspecified atom stereocenters. The fourth-order valence-corrected chi connectivity index (χ4v) is 0.434. The van der Waals surface area contributed by atoms with Gasteiger partial charge in [-0.2, -0.15) is 0 Å². The van der Waals surface area contributed by atoms with Crippen LogP contribution in [0.2, 0.25) is 0 Å². The van der Waals surface area contributed by atoms with Gasteiger partial charge in [-0.1, -0.05) is 6.58 Å². The molecule has 0 atom stereocenters. The second-order valence-corrected chi connectivity index (χ2v) is 1.81. The van der Waals surface area contributed by atoms with Crippen molar-refractivity contribution >= 4 is 5.84 Å². The number of hydrogen-bond donors (Lipinski definition) is 2. The van der Waals surface area contributed by atoms with E-state index in [0.717, 1.165) is 5.57 Å². The van der Waals surface area contributed by atoms with Gasteiger partial charge in [-0.25, -0.2) is 0 Å². The molecule has 0 spiro atoms. The summed E-state index contributed by atoms with van der Waals surface area (Å²) in [7, 11) is 1.65. The Labute approximate surface area is 61.3 Å². The lowest BCUT2D eigenvalue weighted by Gasteiger charge is -1.97. The Morgan fingerprint density at radius 3 is 2.70 bits per heavy atom. The minimum Gasteiger partial charge on any atom is -0.384 e. The van der Waals surface area contributed by atoms with Crippen LogP contribution in [0.15, 0.2) is 29.5 Å². The first-order valence-corrected chi connectivity index (χ1v) is 2.98. The molecule has 0 radical (unpaired) electrons. The van der Waals surface area contributed by atoms with Gasteiger partial charge in [0.2, 0.25) is 0 Å². The van der Waals surface area contributed by atoms with E-state index in [1.54, 1.807) is 19.4 Å². The van der Waals surface area contributed by atoms with Gasteiger partial charge in [0, 0.05) is 18.8 Å². The predicted octanol–water partition coefficient (Wildman–Crippen LogP) is 0.610. The lowest BCUT2D eigenvalue weighted by molar-refractivity contribution is 1.17. The van der Waals surface area contributed by atoms with Crippen molar-refractivity contribution in [2.45, 2.75) is 6.92 Å². The maximum absolute atomic E-state index is 5.46. The molecule has 0 aliphatic rings. The number of nitrogens with two attached hydrogens (primary N) is 1. The van der Waals surface area contributed by atoms with E-state index >= 15 is 0 Å². The Hall–Kier alpha value is -1.25. The molecule has 56 valence electrons. The van der Waals surface area contributed by atoms with Crippen molar-refractivity contribution in [1.29, 1.82) is 0 Å². The van der Waals surface area contributed by atoms with Crippen LogP contribution >= 0.6 is 0 Å². The van der Waals surface area contributed by atoms with E-state index in [2.05, 4.69) is 16.9 Å². The van der Waals surface area contributed by atoms with Crippen LogP contribution in [0.5, 0.6) is 0 Å². The van der Waals surface area contributed by atoms with Gasteiger partial charge in [-0.15, -0.1) is 0 Å². The molecule has 10 heavy (non-hydrogen) atoms. The van der Waals surface area contributed by atoms with Gasteiger partial charge in [0.05, 0.1) is 0 Å². The van der Waals surface area contributed by atoms with E-state index < -0.39 is 0 Å². The SMILES string of the molecule is C=CN/C=C(C)\C(N)=N/C. The van der Waals surface area contributed by atoms with E-state index in [4.69, 9.17) is 5.73 Å². The van der Waals surface area contributed by atoms with E-state index in [0.29, 0.717) is 5.84 Å². The zero-order valence-corrected chi connectivity index (χ0v) is 6.39. The summed E-state index contributed by atoms with van der Waals surface area (Å²) in [6, 6.07) is 0. The highest BCUT2D eigenvalue weighted by atomic mass is 14.8. The first kappa shape index (κ1) is 8.75. The Balaban J connectivity index is 4.05. The van der Waals surface area contributed by atoms with Crippen LogP contribution in [-0.2, 0) is 0 Å². The van der Waals surface area contributed by atoms with Gasteiger partial charge in [0.15, 0.2) is 0 Å². The van der Waals surface area contributed by atoms with E-state index in [1.807, 2.05) is 6.92 Å². The summed E-state index contributed by atoms with van der Waals surface area (Å²) >= 11 is 0. The zero-order chi connectivity index (χ0) is 7.98. The normalized spacial score (nSPS) is 13.0. The minimum atomic E-state index is 0.536. The van der Waals surface area contributed by atoms with Crippen molar-refractivity contribution in [1.82, 2.24) is 5.32 Å². The molecule has 3 heteroatoms. The summed E-state index contributed by atoms with van der Waals surface area (Å²) in [5.74, 6) is 0.536. The van der Waals surface area contributed by atoms with Gasteiger partial charge in [-0.3, -0.25) is 4.99 Å². The largest absolute Gasteiger partial charge is 0.384 e. The summed E-state index contributed by atoms with van der Waals surface area (Å²) < 4.78 is 0. The summed E-state index contributed by atoms with van der Waals surface area (Å²) in [4.78, 5) is 3.79. The first-order valence-electron chi connectivity index (χ1n) is 2.98. The molecule has 0 aliphatic heterocycles. The summed E-state index contributed by atoms with van der Waals surface area (Å²) in [6.07, 6.45) is 3.32. The monoisotopic (exact) mass is 139 g/mol. The lowest BCUT2D eigenvalue weighted by Crippen LogP contribution is -2.14. The van der Waals surface area contributed by atoms with Crippen LogP contribution in [0, 0.1) is 0 Å². The molecule has 0 rings (SSSR count). The maximum atomic E-state index is 5.46. The molecule has 0 heterocycles. The molecule has 0 aromatic carbocycles. The fourth-order valence-electron chi connectivity index (χ4n) is 0.434. The minimum absolute atomic E-state index is 0.536. The molecule has 0 bridgehead atoms. The summed E-state index contributed by atoms with van der Waals surface area (Å²) in [6.45, 7) is 5.36. The molecule has 3 N–H and O–H groups in total. The quantitative estimate of drug-likeness (QED) is 0.444. The van der Waals surface area contributed by atoms with Gasteiger partial charge in [0.25, 0.3) is 0 Å². The Kier molecular flexibility index (Phi) is 4.04. The van der Waals surface area contributed by atoms with Crippen LogP contribution in [0.3, 0.4) is 0 Å². The van der Waals surface area contributed by atoms with E-state index in [9.17, 15) is 0 Å². The predicted molar refractivity (Wildman–Crippen MR) is 44.6 cm³/mol. The molecular formula is C7H13N3. The molecule has 0 amide bonds. The van der Waals surface area contributed by atoms with Crippen molar-refractivity contribution < 1.29 is 0 Å². The summed E-state index contributed by atoms with van der Waals surface area (Å²) in [5, 5.41) is 2.80. The molecule has 3 nitrogen and oxygen atoms in total. The standard InChI is InChI=1S/C7H13N3/c1-4-10-5-6(2)7(8)9-3/h4-5,10H,1H2,2-3H3,(H2,8,9)/b6-5-. The summed E-state index contributed by atoms with van der Waals surface area (Å²) in [5.41, 5.74) is 6.37. The topological polar surface area (TPSA) is 50.4 Å². The highest BCUT2D eigenvalue weighted by Gasteiger charge is 1.90. The third-order valence-corrected chi connectivity index (χ3v) is 1.06. The van der Waals surface area contributed by atoms with Crippen LogP contribution in [0.1, 0.15) is 6.92 Å². The average molecular weight is 139 g/mol. The number of amidine groups is 1. The number of rotatable bonds is 3. The average Bonchev–Trinajstić information content (AvgIpc) is 1.98. The Morgan fingerprint density at radius 1 is 1.70 bits per heavy atom. The van der Waals surface area contributed by atoms with E-state index in [1.165, 1.54) is 0 Å². The highest BCUT2D eigenvalue weighted by molar-refractivity contribution is 5.96. The Bertz CT molecular complexity index is 168. The molecule has 0 aromatic rings.